The van der Waals surface area contributed by atoms with Gasteiger partial charge in [-0.3, -0.25) is 9.59 Å². The zero-order valence-corrected chi connectivity index (χ0v) is 10.5. The Morgan fingerprint density at radius 3 is 2.00 bits per heavy atom. The fraction of sp³-hybridized carbons (Fsp3) is 0.800. The summed E-state index contributed by atoms with van der Waals surface area (Å²) in [7, 11) is 0. The summed E-state index contributed by atoms with van der Waals surface area (Å²) in [5, 5.41) is 4.48. The molecule has 1 unspecified atom stereocenters. The van der Waals surface area contributed by atoms with Crippen molar-refractivity contribution >= 4 is 11.8 Å². The number of hydrogen-bond donors (Lipinski definition) is 3. The van der Waals surface area contributed by atoms with Gasteiger partial charge in [-0.1, -0.05) is 13.8 Å². The molecule has 4 N–H and O–H groups in total. The lowest BCUT2D eigenvalue weighted by Crippen LogP contribution is -2.61. The molecular formula is C10H18F3N3O2. The third kappa shape index (κ3) is 4.52. The molecule has 0 spiro atoms. The minimum Gasteiger partial charge on any atom is -0.354 e. The summed E-state index contributed by atoms with van der Waals surface area (Å²) < 4.78 is 37.1. The number of amides is 2. The molecule has 0 bridgehead atoms. The lowest BCUT2D eigenvalue weighted by Gasteiger charge is -2.26. The number of nitrogens with two attached hydrogens (primary N) is 1. The number of hydrogen-bond acceptors (Lipinski definition) is 3. The number of alkyl halides is 3. The highest BCUT2D eigenvalue weighted by Gasteiger charge is 2.53. The van der Waals surface area contributed by atoms with Crippen LogP contribution in [0.2, 0.25) is 0 Å². The van der Waals surface area contributed by atoms with Crippen molar-refractivity contribution in [2.45, 2.75) is 32.5 Å². The molecule has 18 heavy (non-hydrogen) atoms. The molecule has 0 heterocycles. The second-order valence-corrected chi connectivity index (χ2v) is 4.40. The van der Waals surface area contributed by atoms with Crippen molar-refractivity contribution in [3.8, 4) is 0 Å². The molecule has 0 aliphatic carbocycles. The molecule has 8 heteroatoms. The van der Waals surface area contributed by atoms with E-state index in [0.717, 1.165) is 0 Å². The Kier molecular flexibility index (Phi) is 5.59. The van der Waals surface area contributed by atoms with Crippen molar-refractivity contribution in [2.75, 3.05) is 13.1 Å². The van der Waals surface area contributed by atoms with Crippen molar-refractivity contribution in [3.63, 3.8) is 0 Å². The van der Waals surface area contributed by atoms with Crippen LogP contribution in [0.5, 0.6) is 0 Å². The number of rotatable bonds is 5. The topological polar surface area (TPSA) is 84.2 Å². The molecule has 0 aliphatic heterocycles. The average molecular weight is 269 g/mol. The van der Waals surface area contributed by atoms with Crippen LogP contribution in [0, 0.1) is 5.92 Å². The van der Waals surface area contributed by atoms with Crippen molar-refractivity contribution in [2.24, 2.45) is 11.7 Å². The molecule has 0 aliphatic rings. The van der Waals surface area contributed by atoms with Gasteiger partial charge >= 0.3 is 6.18 Å². The number of nitrogens with one attached hydrogen (secondary N) is 2. The van der Waals surface area contributed by atoms with Crippen LogP contribution in [0.4, 0.5) is 13.2 Å². The van der Waals surface area contributed by atoms with Gasteiger partial charge in [-0.2, -0.15) is 13.2 Å². The smallest absolute Gasteiger partial charge is 0.354 e. The molecule has 1 atom stereocenters. The van der Waals surface area contributed by atoms with Crippen molar-refractivity contribution in [1.29, 1.82) is 0 Å². The Morgan fingerprint density at radius 2 is 1.61 bits per heavy atom. The Bertz CT molecular complexity index is 314. The van der Waals surface area contributed by atoms with Gasteiger partial charge in [0.05, 0.1) is 0 Å². The molecular weight excluding hydrogens is 251 g/mol. The summed E-state index contributed by atoms with van der Waals surface area (Å²) in [6.45, 7) is 3.88. The molecule has 0 saturated heterocycles. The molecule has 106 valence electrons. The predicted molar refractivity (Wildman–Crippen MR) is 59.5 cm³/mol. The van der Waals surface area contributed by atoms with Gasteiger partial charge in [-0.25, -0.2) is 0 Å². The van der Waals surface area contributed by atoms with Crippen LogP contribution < -0.4 is 16.4 Å². The highest BCUT2D eigenvalue weighted by atomic mass is 19.4. The highest BCUT2D eigenvalue weighted by molar-refractivity contribution is 5.86. The molecule has 0 fully saturated rings. The summed E-state index contributed by atoms with van der Waals surface area (Å²) in [5.41, 5.74) is 1.97. The molecule has 0 aromatic rings. The van der Waals surface area contributed by atoms with E-state index in [0.29, 0.717) is 6.92 Å². The lowest BCUT2D eigenvalue weighted by atomic mass is 10.0. The van der Waals surface area contributed by atoms with Crippen molar-refractivity contribution < 1.29 is 22.8 Å². The summed E-state index contributed by atoms with van der Waals surface area (Å²) in [5.74, 6) is -1.79. The molecule has 5 nitrogen and oxygen atoms in total. The van der Waals surface area contributed by atoms with E-state index in [-0.39, 0.29) is 24.9 Å². The maximum absolute atomic E-state index is 12.4. The molecule has 2 amide bonds. The van der Waals surface area contributed by atoms with E-state index in [1.165, 1.54) is 0 Å². The Hall–Kier alpha value is -1.31. The first-order valence-corrected chi connectivity index (χ1v) is 5.41. The van der Waals surface area contributed by atoms with Crippen LogP contribution in [0.15, 0.2) is 0 Å². The van der Waals surface area contributed by atoms with Crippen LogP contribution in [-0.2, 0) is 9.59 Å². The van der Waals surface area contributed by atoms with Gasteiger partial charge in [-0.15, -0.1) is 0 Å². The first kappa shape index (κ1) is 16.7. The van der Waals surface area contributed by atoms with Crippen LogP contribution in [0.3, 0.4) is 0 Å². The fourth-order valence-electron chi connectivity index (χ4n) is 0.878. The monoisotopic (exact) mass is 269 g/mol. The second kappa shape index (κ2) is 6.03. The minimum atomic E-state index is -4.82. The van der Waals surface area contributed by atoms with E-state index < -0.39 is 17.6 Å². The zero-order valence-electron chi connectivity index (χ0n) is 10.5. The first-order valence-electron chi connectivity index (χ1n) is 5.41. The lowest BCUT2D eigenvalue weighted by molar-refractivity contribution is -0.187. The molecule has 0 saturated carbocycles. The van der Waals surface area contributed by atoms with Gasteiger partial charge < -0.3 is 16.4 Å². The van der Waals surface area contributed by atoms with E-state index in [1.807, 2.05) is 5.32 Å². The van der Waals surface area contributed by atoms with Crippen LogP contribution in [0.25, 0.3) is 0 Å². The first-order chi connectivity index (χ1) is 8.00. The largest absolute Gasteiger partial charge is 0.415 e. The fourth-order valence-corrected chi connectivity index (χ4v) is 0.878. The number of carbonyl (C=O) groups is 2. The van der Waals surface area contributed by atoms with Gasteiger partial charge in [0.15, 0.2) is 5.54 Å². The molecule has 0 aromatic heterocycles. The van der Waals surface area contributed by atoms with E-state index in [1.54, 1.807) is 13.8 Å². The maximum atomic E-state index is 12.4. The summed E-state index contributed by atoms with van der Waals surface area (Å²) in [6, 6.07) is 0. The summed E-state index contributed by atoms with van der Waals surface area (Å²) >= 11 is 0. The van der Waals surface area contributed by atoms with Crippen LogP contribution >= 0.6 is 0 Å². The van der Waals surface area contributed by atoms with Gasteiger partial charge in [0.25, 0.3) is 0 Å². The molecule has 0 aromatic carbocycles. The quantitative estimate of drug-likeness (QED) is 0.621. The Morgan fingerprint density at radius 1 is 1.17 bits per heavy atom. The number of halogens is 3. The average Bonchev–Trinajstić information content (AvgIpc) is 2.21. The van der Waals surface area contributed by atoms with E-state index >= 15 is 0 Å². The standard InChI is InChI=1S/C10H18F3N3O2/c1-6(2)7(17)15-4-5-16-8(18)9(3,14)10(11,12)13/h6H,4-5,14H2,1-3H3,(H,15,17)(H,16,18). The van der Waals surface area contributed by atoms with Crippen LogP contribution in [-0.4, -0.2) is 36.6 Å². The molecule has 0 radical (unpaired) electrons. The second-order valence-electron chi connectivity index (χ2n) is 4.40. The van der Waals surface area contributed by atoms with Gasteiger partial charge in [0.2, 0.25) is 11.8 Å². The van der Waals surface area contributed by atoms with E-state index in [2.05, 4.69) is 5.32 Å². The normalized spacial score (nSPS) is 15.1. The van der Waals surface area contributed by atoms with Gasteiger partial charge in [-0.05, 0) is 6.92 Å². The summed E-state index contributed by atoms with van der Waals surface area (Å²) in [6.07, 6.45) is -4.82. The van der Waals surface area contributed by atoms with Crippen molar-refractivity contribution in [1.82, 2.24) is 10.6 Å². The SMILES string of the molecule is CC(C)C(=O)NCCNC(=O)C(C)(N)C(F)(F)F. The van der Waals surface area contributed by atoms with Gasteiger partial charge in [0.1, 0.15) is 0 Å². The van der Waals surface area contributed by atoms with E-state index in [4.69, 9.17) is 5.73 Å². The zero-order chi connectivity index (χ0) is 14.6. The van der Waals surface area contributed by atoms with E-state index in [9.17, 15) is 22.8 Å². The van der Waals surface area contributed by atoms with Crippen LogP contribution in [0.1, 0.15) is 20.8 Å². The van der Waals surface area contributed by atoms with Crippen molar-refractivity contribution in [3.05, 3.63) is 0 Å². The maximum Gasteiger partial charge on any atom is 0.415 e. The predicted octanol–water partition coefficient (Wildman–Crippen LogP) is 0.154. The highest BCUT2D eigenvalue weighted by Crippen LogP contribution is 2.27. The number of carbonyl (C=O) groups excluding carboxylic acids is 2. The Balaban J connectivity index is 4.10. The Labute approximate surface area is 103 Å². The molecule has 0 rings (SSSR count). The third-order valence-corrected chi connectivity index (χ3v) is 2.29. The summed E-state index contributed by atoms with van der Waals surface area (Å²) in [4.78, 5) is 22.3. The third-order valence-electron chi connectivity index (χ3n) is 2.29. The minimum absolute atomic E-state index is 0.0523. The van der Waals surface area contributed by atoms with Gasteiger partial charge in [0, 0.05) is 19.0 Å².